The molecule has 0 aliphatic rings. The fraction of sp³-hybridized carbons (Fsp3) is 1.00. The summed E-state index contributed by atoms with van der Waals surface area (Å²) in [5, 5.41) is 9.34. The molecule has 2 N–H and O–H groups in total. The third-order valence-corrected chi connectivity index (χ3v) is 6.32. The van der Waals surface area contributed by atoms with Crippen molar-refractivity contribution in [3.63, 3.8) is 0 Å². The lowest BCUT2D eigenvalue weighted by Gasteiger charge is -2.13. The molecule has 25 heavy (non-hydrogen) atoms. The molecule has 0 heterocycles. The van der Waals surface area contributed by atoms with Gasteiger partial charge in [0.1, 0.15) is 0 Å². The molecule has 0 aromatic rings. The van der Waals surface area contributed by atoms with Crippen LogP contribution in [0.25, 0.3) is 0 Å². The first kappa shape index (κ1) is 24.9. The number of hydrogen-bond acceptors (Lipinski definition) is 3. The van der Waals surface area contributed by atoms with E-state index < -0.39 is 15.4 Å². The molecule has 0 radical (unpaired) electrons. The zero-order valence-corrected chi connectivity index (χ0v) is 17.4. The lowest BCUT2D eigenvalue weighted by atomic mass is 10.0. The van der Waals surface area contributed by atoms with Gasteiger partial charge in [0, 0.05) is 0 Å². The molecule has 0 aliphatic heterocycles. The van der Waals surface area contributed by atoms with Crippen LogP contribution in [0.15, 0.2) is 0 Å². The minimum absolute atomic E-state index is 0.153. The second kappa shape index (κ2) is 16.1. The van der Waals surface area contributed by atoms with Crippen molar-refractivity contribution in [2.45, 2.75) is 128 Å². The molecular weight excluding hydrogens is 336 g/mol. The van der Waals surface area contributed by atoms with Gasteiger partial charge in [-0.2, -0.15) is 8.42 Å². The summed E-state index contributed by atoms with van der Waals surface area (Å²) in [4.78, 5) is 0. The average molecular weight is 379 g/mol. The predicted octanol–water partition coefficient (Wildman–Crippen LogP) is 5.89. The smallest absolute Gasteiger partial charge is 0.267 e. The van der Waals surface area contributed by atoms with Crippen LogP contribution in [-0.2, 0) is 10.1 Å². The van der Waals surface area contributed by atoms with Crippen LogP contribution in [0.1, 0.15) is 117 Å². The minimum Gasteiger partial charge on any atom is -0.393 e. The molecule has 4 nitrogen and oxygen atoms in total. The standard InChI is InChI=1S/C20H42O4S/c1-3-5-7-12-15-19(21)16-13-9-8-10-14-18-20(25(22,23)24)17-11-6-4-2/h19-21H,3-18H2,1-2H3,(H,22,23,24). The van der Waals surface area contributed by atoms with E-state index in [0.717, 1.165) is 70.6 Å². The van der Waals surface area contributed by atoms with E-state index in [4.69, 9.17) is 0 Å². The first-order valence-corrected chi connectivity index (χ1v) is 12.1. The van der Waals surface area contributed by atoms with E-state index >= 15 is 0 Å². The largest absolute Gasteiger partial charge is 0.393 e. The van der Waals surface area contributed by atoms with Gasteiger partial charge >= 0.3 is 0 Å². The Morgan fingerprint density at radius 3 is 1.48 bits per heavy atom. The highest BCUT2D eigenvalue weighted by Crippen LogP contribution is 2.19. The normalized spacial score (nSPS) is 14.6. The van der Waals surface area contributed by atoms with Gasteiger partial charge in [-0.15, -0.1) is 0 Å². The maximum atomic E-state index is 11.4. The van der Waals surface area contributed by atoms with Gasteiger partial charge in [0.2, 0.25) is 0 Å². The van der Waals surface area contributed by atoms with Crippen LogP contribution in [0.3, 0.4) is 0 Å². The van der Waals surface area contributed by atoms with E-state index in [9.17, 15) is 18.1 Å². The maximum Gasteiger partial charge on any atom is 0.267 e. The van der Waals surface area contributed by atoms with Crippen LogP contribution in [-0.4, -0.2) is 29.4 Å². The third kappa shape index (κ3) is 15.8. The van der Waals surface area contributed by atoms with Gasteiger partial charge in [-0.3, -0.25) is 4.55 Å². The van der Waals surface area contributed by atoms with E-state index in [2.05, 4.69) is 13.8 Å². The summed E-state index contributed by atoms with van der Waals surface area (Å²) in [6, 6.07) is 0. The molecule has 0 aliphatic carbocycles. The van der Waals surface area contributed by atoms with Crippen molar-refractivity contribution < 1.29 is 18.1 Å². The van der Waals surface area contributed by atoms with E-state index in [1.54, 1.807) is 0 Å². The van der Waals surface area contributed by atoms with Crippen LogP contribution < -0.4 is 0 Å². The summed E-state index contributed by atoms with van der Waals surface area (Å²) >= 11 is 0. The van der Waals surface area contributed by atoms with Crippen molar-refractivity contribution in [3.05, 3.63) is 0 Å². The van der Waals surface area contributed by atoms with Gasteiger partial charge in [0.15, 0.2) is 0 Å². The average Bonchev–Trinajstić information content (AvgIpc) is 2.55. The third-order valence-electron chi connectivity index (χ3n) is 5.01. The van der Waals surface area contributed by atoms with Gasteiger partial charge < -0.3 is 5.11 Å². The number of unbranched alkanes of at least 4 members (excludes halogenated alkanes) is 9. The lowest BCUT2D eigenvalue weighted by molar-refractivity contribution is 0.147. The molecule has 5 heteroatoms. The highest BCUT2D eigenvalue weighted by Gasteiger charge is 2.21. The number of hydrogen-bond donors (Lipinski definition) is 2. The van der Waals surface area contributed by atoms with Crippen molar-refractivity contribution >= 4 is 10.1 Å². The van der Waals surface area contributed by atoms with Crippen molar-refractivity contribution in [1.82, 2.24) is 0 Å². The quantitative estimate of drug-likeness (QED) is 0.230. The topological polar surface area (TPSA) is 74.6 Å². The molecule has 2 atom stereocenters. The first-order valence-electron chi connectivity index (χ1n) is 10.6. The molecule has 0 fully saturated rings. The van der Waals surface area contributed by atoms with Crippen LogP contribution in [0, 0.1) is 0 Å². The van der Waals surface area contributed by atoms with Gasteiger partial charge in [0.25, 0.3) is 10.1 Å². The summed E-state index contributed by atoms with van der Waals surface area (Å²) in [5.74, 6) is 0. The molecule has 0 rings (SSSR count). The van der Waals surface area contributed by atoms with Gasteiger partial charge in [-0.1, -0.05) is 90.9 Å². The number of aliphatic hydroxyl groups is 1. The molecule has 2 unspecified atom stereocenters. The van der Waals surface area contributed by atoms with Crippen molar-refractivity contribution in [1.29, 1.82) is 0 Å². The number of aliphatic hydroxyl groups excluding tert-OH is 1. The molecule has 0 spiro atoms. The van der Waals surface area contributed by atoms with E-state index in [1.807, 2.05) is 0 Å². The fourth-order valence-corrected chi connectivity index (χ4v) is 4.23. The van der Waals surface area contributed by atoms with Gasteiger partial charge in [-0.25, -0.2) is 0 Å². The molecular formula is C20H42O4S. The lowest BCUT2D eigenvalue weighted by Crippen LogP contribution is -2.20. The first-order chi connectivity index (χ1) is 11.9. The van der Waals surface area contributed by atoms with Crippen molar-refractivity contribution in [3.8, 4) is 0 Å². The fourth-order valence-electron chi connectivity index (χ4n) is 3.30. The Morgan fingerprint density at radius 1 is 0.640 bits per heavy atom. The second-order valence-corrected chi connectivity index (χ2v) is 9.18. The predicted molar refractivity (Wildman–Crippen MR) is 107 cm³/mol. The monoisotopic (exact) mass is 378 g/mol. The zero-order valence-electron chi connectivity index (χ0n) is 16.6. The highest BCUT2D eigenvalue weighted by atomic mass is 32.2. The van der Waals surface area contributed by atoms with Gasteiger partial charge in [0.05, 0.1) is 11.4 Å². The van der Waals surface area contributed by atoms with Crippen LogP contribution >= 0.6 is 0 Å². The maximum absolute atomic E-state index is 11.4. The van der Waals surface area contributed by atoms with Crippen LogP contribution in [0.2, 0.25) is 0 Å². The molecule has 0 bridgehead atoms. The summed E-state index contributed by atoms with van der Waals surface area (Å²) in [7, 11) is -3.90. The van der Waals surface area contributed by atoms with E-state index in [1.165, 1.54) is 19.3 Å². The summed E-state index contributed by atoms with van der Waals surface area (Å²) in [5.41, 5.74) is 0. The SMILES string of the molecule is CCCCCCC(O)CCCCCCCC(CCCCC)S(=O)(=O)O. The minimum atomic E-state index is -3.90. The van der Waals surface area contributed by atoms with Gasteiger partial charge in [-0.05, 0) is 25.7 Å². The Morgan fingerprint density at radius 2 is 1.00 bits per heavy atom. The molecule has 0 aromatic carbocycles. The van der Waals surface area contributed by atoms with Crippen molar-refractivity contribution in [2.24, 2.45) is 0 Å². The molecule has 0 amide bonds. The summed E-state index contributed by atoms with van der Waals surface area (Å²) in [6.45, 7) is 4.28. The van der Waals surface area contributed by atoms with Crippen LogP contribution in [0.4, 0.5) is 0 Å². The Balaban J connectivity index is 3.65. The summed E-state index contributed by atoms with van der Waals surface area (Å²) in [6.07, 6.45) is 15.7. The Labute approximate surface area is 156 Å². The Kier molecular flexibility index (Phi) is 16.0. The molecule has 152 valence electrons. The van der Waals surface area contributed by atoms with E-state index in [0.29, 0.717) is 12.8 Å². The van der Waals surface area contributed by atoms with Crippen LogP contribution in [0.5, 0.6) is 0 Å². The second-order valence-electron chi connectivity index (χ2n) is 7.48. The number of rotatable bonds is 18. The molecule has 0 saturated carbocycles. The molecule has 0 saturated heterocycles. The molecule has 0 aromatic heterocycles. The zero-order chi connectivity index (χ0) is 19.0. The highest BCUT2D eigenvalue weighted by molar-refractivity contribution is 7.86. The Hall–Kier alpha value is -0.130. The summed E-state index contributed by atoms with van der Waals surface area (Å²) < 4.78 is 32.2. The Bertz CT molecular complexity index is 381. The van der Waals surface area contributed by atoms with E-state index in [-0.39, 0.29) is 6.10 Å². The van der Waals surface area contributed by atoms with Crippen molar-refractivity contribution in [2.75, 3.05) is 0 Å².